The van der Waals surface area contributed by atoms with E-state index in [1.165, 1.54) is 4.90 Å². The summed E-state index contributed by atoms with van der Waals surface area (Å²) in [6.07, 6.45) is 1.99. The summed E-state index contributed by atoms with van der Waals surface area (Å²) in [4.78, 5) is 13.4. The van der Waals surface area contributed by atoms with Crippen molar-refractivity contribution in [3.63, 3.8) is 0 Å². The minimum atomic E-state index is -0.183. The Morgan fingerprint density at radius 3 is 2.72 bits per heavy atom. The Hall–Kier alpha value is -2.04. The second-order valence-corrected chi connectivity index (χ2v) is 4.08. The van der Waals surface area contributed by atoms with Crippen molar-refractivity contribution in [1.82, 2.24) is 5.32 Å². The zero-order valence-corrected chi connectivity index (χ0v) is 10.9. The van der Waals surface area contributed by atoms with Gasteiger partial charge < -0.3 is 11.1 Å². The molecule has 4 N–H and O–H groups in total. The van der Waals surface area contributed by atoms with E-state index < -0.39 is 0 Å². The molecule has 0 aliphatic carbocycles. The molecule has 0 unspecified atom stereocenters. The van der Waals surface area contributed by atoms with Crippen LogP contribution >= 0.6 is 0 Å². The fourth-order valence-electron chi connectivity index (χ4n) is 1.59. The SMILES string of the molecule is CCCCNC(=O)N(C)c1ccccc1C(=N)N. The van der Waals surface area contributed by atoms with Gasteiger partial charge in [-0.1, -0.05) is 25.5 Å². The molecule has 2 amide bonds. The third-order valence-corrected chi connectivity index (χ3v) is 2.67. The number of amides is 2. The Labute approximate surface area is 107 Å². The van der Waals surface area contributed by atoms with Gasteiger partial charge in [-0.15, -0.1) is 0 Å². The van der Waals surface area contributed by atoms with Crippen LogP contribution in [0, 0.1) is 5.41 Å². The third-order valence-electron chi connectivity index (χ3n) is 2.67. The predicted octanol–water partition coefficient (Wildman–Crippen LogP) is 1.92. The van der Waals surface area contributed by atoms with Crippen LogP contribution in [0.1, 0.15) is 25.3 Å². The van der Waals surface area contributed by atoms with E-state index in [-0.39, 0.29) is 11.9 Å². The van der Waals surface area contributed by atoms with Gasteiger partial charge in [0.1, 0.15) is 5.84 Å². The predicted molar refractivity (Wildman–Crippen MR) is 74.2 cm³/mol. The largest absolute Gasteiger partial charge is 0.384 e. The van der Waals surface area contributed by atoms with Crippen molar-refractivity contribution in [3.05, 3.63) is 29.8 Å². The van der Waals surface area contributed by atoms with E-state index in [9.17, 15) is 4.79 Å². The number of hydrogen-bond donors (Lipinski definition) is 3. The lowest BCUT2D eigenvalue weighted by Gasteiger charge is -2.20. The molecule has 0 radical (unpaired) electrons. The number of unbranched alkanes of at least 4 members (excludes halogenated alkanes) is 1. The number of nitrogen functional groups attached to an aromatic ring is 1. The molecule has 0 saturated carbocycles. The number of anilines is 1. The Morgan fingerprint density at radius 2 is 2.11 bits per heavy atom. The van der Waals surface area contributed by atoms with E-state index >= 15 is 0 Å². The van der Waals surface area contributed by atoms with Crippen LogP contribution in [0.2, 0.25) is 0 Å². The van der Waals surface area contributed by atoms with Crippen LogP contribution in [0.3, 0.4) is 0 Å². The zero-order chi connectivity index (χ0) is 13.5. The number of carbonyl (C=O) groups is 1. The number of nitrogens with zero attached hydrogens (tertiary/aromatic N) is 1. The normalized spacial score (nSPS) is 9.89. The smallest absolute Gasteiger partial charge is 0.321 e. The minimum Gasteiger partial charge on any atom is -0.384 e. The highest BCUT2D eigenvalue weighted by atomic mass is 16.2. The molecule has 0 heterocycles. The fourth-order valence-corrected chi connectivity index (χ4v) is 1.59. The minimum absolute atomic E-state index is 0.0428. The Bertz CT molecular complexity index is 431. The molecular weight excluding hydrogens is 228 g/mol. The zero-order valence-electron chi connectivity index (χ0n) is 10.9. The van der Waals surface area contributed by atoms with Crippen LogP contribution in [0.25, 0.3) is 0 Å². The van der Waals surface area contributed by atoms with Crippen LogP contribution in [-0.2, 0) is 0 Å². The maximum atomic E-state index is 11.9. The second kappa shape index (κ2) is 6.64. The van der Waals surface area contributed by atoms with E-state index in [1.807, 2.05) is 6.07 Å². The quantitative estimate of drug-likeness (QED) is 0.422. The van der Waals surface area contributed by atoms with Gasteiger partial charge in [0.15, 0.2) is 0 Å². The van der Waals surface area contributed by atoms with E-state index in [4.69, 9.17) is 11.1 Å². The molecule has 1 aromatic carbocycles. The first kappa shape index (κ1) is 14.0. The standard InChI is InChI=1S/C13H20N4O/c1-3-4-9-16-13(18)17(2)11-8-6-5-7-10(11)12(14)15/h5-8H,3-4,9H2,1-2H3,(H3,14,15)(H,16,18). The molecule has 0 atom stereocenters. The number of hydrogen-bond acceptors (Lipinski definition) is 2. The monoisotopic (exact) mass is 248 g/mol. The number of para-hydroxylation sites is 1. The highest BCUT2D eigenvalue weighted by molar-refractivity contribution is 6.04. The third kappa shape index (κ3) is 3.48. The lowest BCUT2D eigenvalue weighted by Crippen LogP contribution is -2.38. The van der Waals surface area contributed by atoms with Crippen molar-refractivity contribution < 1.29 is 4.79 Å². The molecule has 0 fully saturated rings. The number of amidine groups is 1. The summed E-state index contributed by atoms with van der Waals surface area (Å²) in [6.45, 7) is 2.73. The molecule has 0 aliphatic rings. The van der Waals surface area contributed by atoms with E-state index in [0.29, 0.717) is 17.8 Å². The second-order valence-electron chi connectivity index (χ2n) is 4.08. The summed E-state index contributed by atoms with van der Waals surface area (Å²) in [7, 11) is 1.67. The summed E-state index contributed by atoms with van der Waals surface area (Å²) < 4.78 is 0. The number of nitrogens with two attached hydrogens (primary N) is 1. The van der Waals surface area contributed by atoms with E-state index in [1.54, 1.807) is 25.2 Å². The number of benzene rings is 1. The van der Waals surface area contributed by atoms with Gasteiger partial charge in [0.05, 0.1) is 5.69 Å². The van der Waals surface area contributed by atoms with Crippen molar-refractivity contribution in [3.8, 4) is 0 Å². The lowest BCUT2D eigenvalue weighted by atomic mass is 10.1. The summed E-state index contributed by atoms with van der Waals surface area (Å²) in [5.74, 6) is -0.0428. The summed E-state index contributed by atoms with van der Waals surface area (Å²) >= 11 is 0. The molecule has 1 aromatic rings. The van der Waals surface area contributed by atoms with Gasteiger partial charge >= 0.3 is 6.03 Å². The van der Waals surface area contributed by atoms with Crippen molar-refractivity contribution in [2.24, 2.45) is 5.73 Å². The van der Waals surface area contributed by atoms with Crippen LogP contribution in [0.4, 0.5) is 10.5 Å². The molecule has 5 nitrogen and oxygen atoms in total. The van der Waals surface area contributed by atoms with Crippen molar-refractivity contribution in [2.45, 2.75) is 19.8 Å². The lowest BCUT2D eigenvalue weighted by molar-refractivity contribution is 0.247. The summed E-state index contributed by atoms with van der Waals surface area (Å²) in [5.41, 5.74) is 6.70. The van der Waals surface area contributed by atoms with Crippen LogP contribution in [0.15, 0.2) is 24.3 Å². The molecule has 0 bridgehead atoms. The molecule has 18 heavy (non-hydrogen) atoms. The average Bonchev–Trinajstić information content (AvgIpc) is 2.38. The van der Waals surface area contributed by atoms with Crippen molar-refractivity contribution >= 4 is 17.6 Å². The van der Waals surface area contributed by atoms with E-state index in [2.05, 4.69) is 12.2 Å². The molecule has 0 aliphatic heterocycles. The van der Waals surface area contributed by atoms with Gasteiger partial charge in [-0.2, -0.15) is 0 Å². The number of nitrogens with one attached hydrogen (secondary N) is 2. The van der Waals surface area contributed by atoms with E-state index in [0.717, 1.165) is 12.8 Å². The first-order valence-corrected chi connectivity index (χ1v) is 6.03. The Kier molecular flexibility index (Phi) is 5.17. The van der Waals surface area contributed by atoms with Gasteiger partial charge in [0.25, 0.3) is 0 Å². The molecule has 0 saturated heterocycles. The van der Waals surface area contributed by atoms with Gasteiger partial charge in [0, 0.05) is 19.2 Å². The van der Waals surface area contributed by atoms with Crippen molar-refractivity contribution in [2.75, 3.05) is 18.5 Å². The highest BCUT2D eigenvalue weighted by Gasteiger charge is 2.14. The Balaban J connectivity index is 2.80. The summed E-state index contributed by atoms with van der Waals surface area (Å²) in [5, 5.41) is 10.3. The first-order chi connectivity index (χ1) is 8.57. The molecular formula is C13H20N4O. The summed E-state index contributed by atoms with van der Waals surface area (Å²) in [6, 6.07) is 6.93. The first-order valence-electron chi connectivity index (χ1n) is 6.03. The molecule has 0 spiro atoms. The molecule has 0 aromatic heterocycles. The number of carbonyl (C=O) groups excluding carboxylic acids is 1. The van der Waals surface area contributed by atoms with Crippen molar-refractivity contribution in [1.29, 1.82) is 5.41 Å². The number of urea groups is 1. The maximum absolute atomic E-state index is 11.9. The van der Waals surface area contributed by atoms with Crippen LogP contribution < -0.4 is 16.0 Å². The van der Waals surface area contributed by atoms with Crippen LogP contribution in [0.5, 0.6) is 0 Å². The van der Waals surface area contributed by atoms with Gasteiger partial charge in [0.2, 0.25) is 0 Å². The maximum Gasteiger partial charge on any atom is 0.321 e. The van der Waals surface area contributed by atoms with Crippen LogP contribution in [-0.4, -0.2) is 25.5 Å². The van der Waals surface area contributed by atoms with Gasteiger partial charge in [-0.05, 0) is 18.6 Å². The van der Waals surface area contributed by atoms with Gasteiger partial charge in [-0.3, -0.25) is 10.3 Å². The molecule has 1 rings (SSSR count). The average molecular weight is 248 g/mol. The molecule has 5 heteroatoms. The highest BCUT2D eigenvalue weighted by Crippen LogP contribution is 2.18. The number of rotatable bonds is 5. The van der Waals surface area contributed by atoms with Gasteiger partial charge in [-0.25, -0.2) is 4.79 Å². The fraction of sp³-hybridized carbons (Fsp3) is 0.385. The Morgan fingerprint density at radius 1 is 1.44 bits per heavy atom. The molecule has 98 valence electrons. The topological polar surface area (TPSA) is 82.2 Å².